The van der Waals surface area contributed by atoms with Crippen LogP contribution in [0.4, 0.5) is 0 Å². The third kappa shape index (κ3) is 3.74. The van der Waals surface area contributed by atoms with Crippen molar-refractivity contribution in [2.45, 2.75) is 4.90 Å². The molecule has 1 heterocycles. The van der Waals surface area contributed by atoms with Crippen LogP contribution in [0, 0.1) is 0 Å². The van der Waals surface area contributed by atoms with Crippen LogP contribution in [0.1, 0.15) is 10.4 Å². The molecule has 2 aromatic carbocycles. The monoisotopic (exact) mass is 356 g/mol. The number of carbonyl (C=O) groups is 1. The Balaban J connectivity index is 1.58. The van der Waals surface area contributed by atoms with Crippen LogP contribution in [0.25, 0.3) is 10.9 Å². The Morgan fingerprint density at radius 2 is 1.96 bits per heavy atom. The number of thioether (sulfide) groups is 1. The number of ether oxygens (including phenoxy) is 2. The number of hydrogen-bond acceptors (Lipinski definition) is 4. The number of rotatable bonds is 7. The number of amides is 1. The molecular formula is C19H20N2O3S. The first kappa shape index (κ1) is 17.2. The van der Waals surface area contributed by atoms with Crippen molar-refractivity contribution < 1.29 is 14.3 Å². The molecule has 1 amide bonds. The van der Waals surface area contributed by atoms with Gasteiger partial charge in [-0.2, -0.15) is 0 Å². The second-order valence-corrected chi connectivity index (χ2v) is 6.48. The number of para-hydroxylation sites is 2. The maximum Gasteiger partial charge on any atom is 0.255 e. The molecule has 0 aliphatic carbocycles. The third-order valence-corrected chi connectivity index (χ3v) is 4.90. The maximum absolute atomic E-state index is 12.4. The molecule has 6 heteroatoms. The van der Waals surface area contributed by atoms with E-state index in [1.54, 1.807) is 37.1 Å². The highest BCUT2D eigenvalue weighted by Crippen LogP contribution is 2.30. The Morgan fingerprint density at radius 3 is 2.76 bits per heavy atom. The lowest BCUT2D eigenvalue weighted by molar-refractivity contribution is 0.0952. The van der Waals surface area contributed by atoms with Gasteiger partial charge in [-0.05, 0) is 18.2 Å². The molecule has 0 aliphatic heterocycles. The van der Waals surface area contributed by atoms with Crippen molar-refractivity contribution in [3.8, 4) is 11.5 Å². The van der Waals surface area contributed by atoms with Gasteiger partial charge in [-0.15, -0.1) is 11.8 Å². The summed E-state index contributed by atoms with van der Waals surface area (Å²) in [5.74, 6) is 1.60. The summed E-state index contributed by atoms with van der Waals surface area (Å²) in [5.41, 5.74) is 1.59. The number of nitrogens with one attached hydrogen (secondary N) is 2. The van der Waals surface area contributed by atoms with E-state index in [0.29, 0.717) is 23.6 Å². The number of H-pyrrole nitrogens is 1. The van der Waals surface area contributed by atoms with E-state index in [0.717, 1.165) is 11.3 Å². The number of methoxy groups -OCH3 is 2. The molecule has 2 N–H and O–H groups in total. The standard InChI is InChI=1S/C19H20N2O3S/c1-23-16-9-5-7-14(18(16)24-2)19(22)20-10-11-25-17-12-21-15-8-4-3-6-13(15)17/h3-9,12,21H,10-11H2,1-2H3,(H,20,22). The van der Waals surface area contributed by atoms with Gasteiger partial charge in [0.15, 0.2) is 11.5 Å². The van der Waals surface area contributed by atoms with Crippen molar-refractivity contribution in [3.05, 3.63) is 54.2 Å². The summed E-state index contributed by atoms with van der Waals surface area (Å²) in [7, 11) is 3.08. The minimum absolute atomic E-state index is 0.171. The highest BCUT2D eigenvalue weighted by atomic mass is 32.2. The molecule has 0 saturated heterocycles. The van der Waals surface area contributed by atoms with Gasteiger partial charge in [0.1, 0.15) is 0 Å². The summed E-state index contributed by atoms with van der Waals surface area (Å²) in [5, 5.41) is 4.13. The van der Waals surface area contributed by atoms with Crippen LogP contribution in [-0.2, 0) is 0 Å². The zero-order chi connectivity index (χ0) is 17.6. The van der Waals surface area contributed by atoms with E-state index in [2.05, 4.69) is 22.4 Å². The van der Waals surface area contributed by atoms with E-state index in [9.17, 15) is 4.79 Å². The minimum atomic E-state index is -0.171. The summed E-state index contributed by atoms with van der Waals surface area (Å²) in [4.78, 5) is 16.8. The van der Waals surface area contributed by atoms with Gasteiger partial charge < -0.3 is 19.8 Å². The first-order valence-electron chi connectivity index (χ1n) is 7.92. The Kier molecular flexibility index (Phi) is 5.50. The van der Waals surface area contributed by atoms with Crippen molar-refractivity contribution in [2.24, 2.45) is 0 Å². The van der Waals surface area contributed by atoms with E-state index in [1.807, 2.05) is 18.3 Å². The number of aromatic nitrogens is 1. The lowest BCUT2D eigenvalue weighted by atomic mass is 10.1. The molecule has 0 unspecified atom stereocenters. The maximum atomic E-state index is 12.4. The molecule has 3 aromatic rings. The number of carbonyl (C=O) groups excluding carboxylic acids is 1. The van der Waals surface area contributed by atoms with E-state index in [-0.39, 0.29) is 5.91 Å². The zero-order valence-corrected chi connectivity index (χ0v) is 15.0. The third-order valence-electron chi connectivity index (χ3n) is 3.84. The topological polar surface area (TPSA) is 63.3 Å². The van der Waals surface area contributed by atoms with Crippen molar-refractivity contribution in [2.75, 3.05) is 26.5 Å². The largest absolute Gasteiger partial charge is 0.493 e. The summed E-state index contributed by atoms with van der Waals surface area (Å²) < 4.78 is 10.5. The highest BCUT2D eigenvalue weighted by molar-refractivity contribution is 7.99. The van der Waals surface area contributed by atoms with Crippen molar-refractivity contribution >= 4 is 28.6 Å². The summed E-state index contributed by atoms with van der Waals surface area (Å²) in [6.07, 6.45) is 2.00. The molecule has 0 bridgehead atoms. The molecule has 0 spiro atoms. The average Bonchev–Trinajstić information content (AvgIpc) is 3.07. The van der Waals surface area contributed by atoms with Crippen molar-refractivity contribution in [3.63, 3.8) is 0 Å². The Morgan fingerprint density at radius 1 is 1.12 bits per heavy atom. The van der Waals surface area contributed by atoms with Crippen LogP contribution >= 0.6 is 11.8 Å². The number of aromatic amines is 1. The Hall–Kier alpha value is -2.60. The van der Waals surface area contributed by atoms with Crippen LogP contribution in [0.3, 0.4) is 0 Å². The first-order valence-corrected chi connectivity index (χ1v) is 8.91. The normalized spacial score (nSPS) is 10.6. The van der Waals surface area contributed by atoms with Crippen molar-refractivity contribution in [1.82, 2.24) is 10.3 Å². The van der Waals surface area contributed by atoms with Crippen LogP contribution in [0.15, 0.2) is 53.6 Å². The van der Waals surface area contributed by atoms with Gasteiger partial charge in [0.25, 0.3) is 5.91 Å². The lowest BCUT2D eigenvalue weighted by Crippen LogP contribution is -2.26. The second kappa shape index (κ2) is 7.98. The SMILES string of the molecule is COc1cccc(C(=O)NCCSc2c[nH]c3ccccc23)c1OC. The van der Waals surface area contributed by atoms with E-state index >= 15 is 0 Å². The predicted molar refractivity (Wildman–Crippen MR) is 101 cm³/mol. The smallest absolute Gasteiger partial charge is 0.255 e. The molecule has 0 atom stereocenters. The average molecular weight is 356 g/mol. The molecular weight excluding hydrogens is 336 g/mol. The molecule has 0 aliphatic rings. The molecule has 130 valence electrons. The minimum Gasteiger partial charge on any atom is -0.493 e. The van der Waals surface area contributed by atoms with E-state index in [1.165, 1.54) is 17.4 Å². The zero-order valence-electron chi connectivity index (χ0n) is 14.2. The van der Waals surface area contributed by atoms with Gasteiger partial charge in [-0.25, -0.2) is 0 Å². The van der Waals surface area contributed by atoms with Crippen LogP contribution in [-0.4, -0.2) is 37.4 Å². The van der Waals surface area contributed by atoms with Gasteiger partial charge in [-0.3, -0.25) is 4.79 Å². The van der Waals surface area contributed by atoms with Gasteiger partial charge in [0.05, 0.1) is 19.8 Å². The number of fused-ring (bicyclic) bond motifs is 1. The Labute approximate surface area is 150 Å². The first-order chi connectivity index (χ1) is 12.2. The van der Waals surface area contributed by atoms with E-state index < -0.39 is 0 Å². The molecule has 0 saturated carbocycles. The molecule has 0 fully saturated rings. The quantitative estimate of drug-likeness (QED) is 0.500. The van der Waals surface area contributed by atoms with Gasteiger partial charge in [0, 0.05) is 34.3 Å². The Bertz CT molecular complexity index is 876. The fraction of sp³-hybridized carbons (Fsp3) is 0.211. The summed E-state index contributed by atoms with van der Waals surface area (Å²) in [6, 6.07) is 13.4. The predicted octanol–water partition coefficient (Wildman–Crippen LogP) is 3.71. The number of benzene rings is 2. The molecule has 5 nitrogen and oxygen atoms in total. The summed E-state index contributed by atoms with van der Waals surface area (Å²) in [6.45, 7) is 0.559. The van der Waals surface area contributed by atoms with Crippen LogP contribution in [0.2, 0.25) is 0 Å². The summed E-state index contributed by atoms with van der Waals surface area (Å²) >= 11 is 1.71. The van der Waals surface area contributed by atoms with E-state index in [4.69, 9.17) is 9.47 Å². The van der Waals surface area contributed by atoms with Crippen LogP contribution < -0.4 is 14.8 Å². The molecule has 3 rings (SSSR count). The molecule has 0 radical (unpaired) electrons. The fourth-order valence-electron chi connectivity index (χ4n) is 2.65. The fourth-order valence-corrected chi connectivity index (χ4v) is 3.55. The lowest BCUT2D eigenvalue weighted by Gasteiger charge is -2.12. The number of hydrogen-bond donors (Lipinski definition) is 2. The van der Waals surface area contributed by atoms with Gasteiger partial charge >= 0.3 is 0 Å². The molecule has 25 heavy (non-hydrogen) atoms. The van der Waals surface area contributed by atoms with Crippen molar-refractivity contribution in [1.29, 1.82) is 0 Å². The van der Waals surface area contributed by atoms with Gasteiger partial charge in [-0.1, -0.05) is 24.3 Å². The van der Waals surface area contributed by atoms with Crippen LogP contribution in [0.5, 0.6) is 11.5 Å². The molecule has 1 aromatic heterocycles. The second-order valence-electron chi connectivity index (χ2n) is 5.34. The van der Waals surface area contributed by atoms with Gasteiger partial charge in [0.2, 0.25) is 0 Å². The highest BCUT2D eigenvalue weighted by Gasteiger charge is 2.15.